The molecule has 1 heterocycles. The molecule has 1 N–H and O–H groups in total. The number of benzene rings is 1. The minimum atomic E-state index is -0.991. The van der Waals surface area contributed by atoms with Crippen LogP contribution in [-0.2, 0) is 9.59 Å². The second kappa shape index (κ2) is 14.5. The average Bonchev–Trinajstić information content (AvgIpc) is 3.01. The van der Waals surface area contributed by atoms with E-state index in [0.29, 0.717) is 41.3 Å². The molecule has 0 spiro atoms. The van der Waals surface area contributed by atoms with Crippen molar-refractivity contribution in [2.45, 2.75) is 53.4 Å². The topological polar surface area (TPSA) is 97.5 Å². The molecule has 1 aromatic carbocycles. The van der Waals surface area contributed by atoms with Gasteiger partial charge in [-0.3, -0.25) is 9.59 Å². The second-order valence-electron chi connectivity index (χ2n) is 6.56. The van der Waals surface area contributed by atoms with Crippen LogP contribution in [0.4, 0.5) is 0 Å². The Bertz CT molecular complexity index is 995. The highest BCUT2D eigenvalue weighted by atomic mass is 16.4. The van der Waals surface area contributed by atoms with Crippen LogP contribution in [0.5, 0.6) is 0 Å². The van der Waals surface area contributed by atoms with E-state index in [1.165, 1.54) is 0 Å². The number of carbonyl (C=O) groups excluding carboxylic acids is 2. The molecule has 6 nitrogen and oxygen atoms in total. The molecule has 1 aliphatic rings. The van der Waals surface area contributed by atoms with Crippen LogP contribution in [-0.4, -0.2) is 28.1 Å². The maximum absolute atomic E-state index is 12.5. The van der Waals surface area contributed by atoms with Crippen molar-refractivity contribution >= 4 is 23.6 Å². The number of carboxylic acids is 1. The fourth-order valence-corrected chi connectivity index (χ4v) is 2.86. The van der Waals surface area contributed by atoms with Crippen LogP contribution in [0.15, 0.2) is 59.1 Å². The number of aromatic nitrogens is 1. The number of aryl methyl sites for hydroxylation is 1. The molecule has 0 saturated carbocycles. The van der Waals surface area contributed by atoms with Gasteiger partial charge in [0.15, 0.2) is 17.4 Å². The van der Waals surface area contributed by atoms with Gasteiger partial charge in [-0.2, -0.15) is 0 Å². The first-order valence-corrected chi connectivity index (χ1v) is 10.8. The maximum atomic E-state index is 12.5. The summed E-state index contributed by atoms with van der Waals surface area (Å²) in [6.07, 6.45) is 11.8. The number of carbonyl (C=O) groups is 3. The van der Waals surface area contributed by atoms with Crippen molar-refractivity contribution in [3.05, 3.63) is 71.8 Å². The Morgan fingerprint density at radius 3 is 2.47 bits per heavy atom. The molecular formula is C26H31NO5. The van der Waals surface area contributed by atoms with E-state index in [-0.39, 0.29) is 18.6 Å². The van der Waals surface area contributed by atoms with Gasteiger partial charge in [-0.1, -0.05) is 75.4 Å². The van der Waals surface area contributed by atoms with Gasteiger partial charge < -0.3 is 14.3 Å². The summed E-state index contributed by atoms with van der Waals surface area (Å²) in [6, 6.07) is 7.09. The number of hydrogen-bond acceptors (Lipinski definition) is 5. The maximum Gasteiger partial charge on any atom is 0.303 e. The van der Waals surface area contributed by atoms with Gasteiger partial charge >= 0.3 is 5.97 Å². The number of Topliss-reactive ketones (excluding diaryl/α,β-unsaturated/α-hetero) is 1. The van der Waals surface area contributed by atoms with Crippen LogP contribution in [0.25, 0.3) is 16.9 Å². The molecule has 0 atom stereocenters. The summed E-state index contributed by atoms with van der Waals surface area (Å²) in [7, 11) is 0. The van der Waals surface area contributed by atoms with E-state index in [2.05, 4.69) is 4.98 Å². The quantitative estimate of drug-likeness (QED) is 0.408. The number of aliphatic carboxylic acids is 1. The van der Waals surface area contributed by atoms with E-state index in [1.807, 2.05) is 57.2 Å². The minimum absolute atomic E-state index is 0.0526. The summed E-state index contributed by atoms with van der Waals surface area (Å²) in [4.78, 5) is 37.0. The minimum Gasteiger partial charge on any atom is -0.481 e. The zero-order valence-corrected chi connectivity index (χ0v) is 19.1. The second-order valence-corrected chi connectivity index (χ2v) is 6.56. The Kier molecular flexibility index (Phi) is 12.0. The lowest BCUT2D eigenvalue weighted by Crippen LogP contribution is -2.05. The molecule has 2 aromatic rings. The molecule has 0 radical (unpaired) electrons. The summed E-state index contributed by atoms with van der Waals surface area (Å²) in [6.45, 7) is 7.58. The van der Waals surface area contributed by atoms with Crippen molar-refractivity contribution in [1.82, 2.24) is 4.98 Å². The molecule has 0 amide bonds. The van der Waals surface area contributed by atoms with Gasteiger partial charge in [0.2, 0.25) is 0 Å². The van der Waals surface area contributed by atoms with Crippen molar-refractivity contribution < 1.29 is 23.9 Å². The van der Waals surface area contributed by atoms with Crippen LogP contribution in [0.1, 0.15) is 68.4 Å². The summed E-state index contributed by atoms with van der Waals surface area (Å²) >= 11 is 0. The number of ketones is 1. The zero-order valence-electron chi connectivity index (χ0n) is 19.1. The highest BCUT2D eigenvalue weighted by Crippen LogP contribution is 2.34. The predicted molar refractivity (Wildman–Crippen MR) is 126 cm³/mol. The first kappa shape index (κ1) is 26.5. The van der Waals surface area contributed by atoms with E-state index in [1.54, 1.807) is 25.1 Å². The van der Waals surface area contributed by atoms with Crippen molar-refractivity contribution in [1.29, 1.82) is 0 Å². The molecule has 0 saturated heterocycles. The molecule has 0 unspecified atom stereocenters. The van der Waals surface area contributed by atoms with Gasteiger partial charge in [0, 0.05) is 30.9 Å². The van der Waals surface area contributed by atoms with Crippen molar-refractivity contribution in [3.8, 4) is 11.3 Å². The first-order valence-electron chi connectivity index (χ1n) is 10.8. The van der Waals surface area contributed by atoms with Gasteiger partial charge in [-0.25, -0.2) is 4.98 Å². The van der Waals surface area contributed by atoms with Gasteiger partial charge in [0.25, 0.3) is 0 Å². The van der Waals surface area contributed by atoms with E-state index in [0.717, 1.165) is 11.9 Å². The zero-order chi connectivity index (χ0) is 23.9. The van der Waals surface area contributed by atoms with Crippen molar-refractivity contribution in [3.63, 3.8) is 0 Å². The SMILES string of the molecule is CC.CCC=O.Cc1nc(C2=CC=CC=CC2)c(-c2ccccc2C(=O)CCC(=O)O)o1. The summed E-state index contributed by atoms with van der Waals surface area (Å²) in [5.74, 6) is -0.163. The number of aldehydes is 1. The lowest BCUT2D eigenvalue weighted by atomic mass is 9.96. The smallest absolute Gasteiger partial charge is 0.303 e. The molecule has 1 aliphatic carbocycles. The fraction of sp³-hybridized carbons (Fsp3) is 0.308. The average molecular weight is 438 g/mol. The molecule has 170 valence electrons. The molecule has 32 heavy (non-hydrogen) atoms. The largest absolute Gasteiger partial charge is 0.481 e. The number of allylic oxidation sites excluding steroid dienone is 6. The number of carboxylic acid groups (broad SMARTS) is 1. The van der Waals surface area contributed by atoms with E-state index in [4.69, 9.17) is 9.52 Å². The number of hydrogen-bond donors (Lipinski definition) is 1. The number of nitrogens with zero attached hydrogens (tertiary/aromatic N) is 1. The van der Waals surface area contributed by atoms with Crippen molar-refractivity contribution in [2.24, 2.45) is 0 Å². The monoisotopic (exact) mass is 437 g/mol. The molecule has 0 aliphatic heterocycles. The predicted octanol–water partition coefficient (Wildman–Crippen LogP) is 6.22. The van der Waals surface area contributed by atoms with Gasteiger partial charge in [0.1, 0.15) is 12.0 Å². The normalized spacial score (nSPS) is 11.8. The standard InChI is InChI=1S/C21H19NO4.C3H6O.C2H6/c1-14-22-20(15-8-4-2-3-5-9-15)21(26-14)17-11-7-6-10-16(17)18(23)12-13-19(24)25;1-2-3-4;1-2/h2-8,10-11H,9,12-13H2,1H3,(H,24,25);3H,2H2,1H3;1-2H3. The van der Waals surface area contributed by atoms with Crippen LogP contribution in [0.3, 0.4) is 0 Å². The molecule has 6 heteroatoms. The van der Waals surface area contributed by atoms with Crippen LogP contribution < -0.4 is 0 Å². The third-order valence-electron chi connectivity index (χ3n) is 4.24. The third kappa shape index (κ3) is 7.95. The number of oxazole rings is 1. The lowest BCUT2D eigenvalue weighted by Gasteiger charge is -2.08. The molecule has 1 aromatic heterocycles. The van der Waals surface area contributed by atoms with Gasteiger partial charge in [0.05, 0.1) is 6.42 Å². The van der Waals surface area contributed by atoms with Crippen LogP contribution >= 0.6 is 0 Å². The van der Waals surface area contributed by atoms with E-state index >= 15 is 0 Å². The summed E-state index contributed by atoms with van der Waals surface area (Å²) in [5.41, 5.74) is 2.79. The Morgan fingerprint density at radius 2 is 1.81 bits per heavy atom. The highest BCUT2D eigenvalue weighted by Gasteiger charge is 2.21. The van der Waals surface area contributed by atoms with Gasteiger partial charge in [-0.15, -0.1) is 0 Å². The summed E-state index contributed by atoms with van der Waals surface area (Å²) in [5, 5.41) is 8.84. The van der Waals surface area contributed by atoms with Crippen LogP contribution in [0, 0.1) is 6.92 Å². The molecule has 0 fully saturated rings. The Hall–Kier alpha value is -3.54. The van der Waals surface area contributed by atoms with E-state index < -0.39 is 5.97 Å². The fourth-order valence-electron chi connectivity index (χ4n) is 2.86. The Balaban J connectivity index is 0.000000769. The Morgan fingerprint density at radius 1 is 1.12 bits per heavy atom. The molecular weight excluding hydrogens is 406 g/mol. The Labute approximate surface area is 189 Å². The van der Waals surface area contributed by atoms with E-state index in [9.17, 15) is 14.4 Å². The van der Waals surface area contributed by atoms with Gasteiger partial charge in [-0.05, 0) is 12.0 Å². The molecule has 3 rings (SSSR count). The lowest BCUT2D eigenvalue weighted by molar-refractivity contribution is -0.136. The third-order valence-corrected chi connectivity index (χ3v) is 4.24. The molecule has 0 bridgehead atoms. The highest BCUT2D eigenvalue weighted by molar-refractivity contribution is 6.03. The number of rotatable bonds is 7. The van der Waals surface area contributed by atoms with Crippen molar-refractivity contribution in [2.75, 3.05) is 0 Å². The first-order chi connectivity index (χ1) is 15.5. The summed E-state index contributed by atoms with van der Waals surface area (Å²) < 4.78 is 5.84. The van der Waals surface area contributed by atoms with Crippen LogP contribution in [0.2, 0.25) is 0 Å².